The van der Waals surface area contributed by atoms with Gasteiger partial charge in [-0.05, 0) is 53.5 Å². The predicted molar refractivity (Wildman–Crippen MR) is 101 cm³/mol. The summed E-state index contributed by atoms with van der Waals surface area (Å²) in [5.74, 6) is 0.432. The Bertz CT molecular complexity index is 1000. The number of halogens is 1. The minimum absolute atomic E-state index is 0.174. The molecule has 2 heterocycles. The number of hydrogen-bond donors (Lipinski definition) is 1. The Kier molecular flexibility index (Phi) is 5.07. The van der Waals surface area contributed by atoms with E-state index in [1.807, 2.05) is 13.0 Å². The van der Waals surface area contributed by atoms with Crippen LogP contribution in [0.15, 0.2) is 51.4 Å². The number of ether oxygens (including phenoxy) is 1. The second kappa shape index (κ2) is 7.11. The molecule has 9 heteroatoms. The Balaban J connectivity index is 1.82. The Hall–Kier alpha value is -1.97. The van der Waals surface area contributed by atoms with E-state index in [0.29, 0.717) is 15.6 Å². The summed E-state index contributed by atoms with van der Waals surface area (Å²) < 4.78 is 34.3. The van der Waals surface area contributed by atoms with Gasteiger partial charge in [-0.1, -0.05) is 6.07 Å². The zero-order valence-corrected chi connectivity index (χ0v) is 16.6. The highest BCUT2D eigenvalue weighted by atomic mass is 79.9. The van der Waals surface area contributed by atoms with Crippen LogP contribution in [0.3, 0.4) is 0 Å². The first-order chi connectivity index (χ1) is 11.8. The third kappa shape index (κ3) is 4.36. The summed E-state index contributed by atoms with van der Waals surface area (Å²) in [6, 6.07) is 8.65. The molecule has 0 aliphatic heterocycles. The van der Waals surface area contributed by atoms with E-state index in [9.17, 15) is 8.42 Å². The number of aromatic nitrogens is 2. The first-order valence-electron chi connectivity index (χ1n) is 7.19. The number of nitrogens with one attached hydrogen (secondary N) is 1. The molecule has 0 aliphatic rings. The van der Waals surface area contributed by atoms with Gasteiger partial charge in [0.25, 0.3) is 10.0 Å². The summed E-state index contributed by atoms with van der Waals surface area (Å²) in [7, 11) is -3.64. The molecule has 3 aromatic rings. The van der Waals surface area contributed by atoms with Gasteiger partial charge in [0, 0.05) is 23.3 Å². The Labute approximate surface area is 158 Å². The molecule has 130 valence electrons. The maximum Gasteiger partial charge on any atom is 0.321 e. The molecule has 0 saturated carbocycles. The van der Waals surface area contributed by atoms with Gasteiger partial charge in [0.1, 0.15) is 9.96 Å². The fraction of sp³-hybridized carbons (Fsp3) is 0.125. The van der Waals surface area contributed by atoms with Crippen molar-refractivity contribution in [3.05, 3.63) is 57.6 Å². The predicted octanol–water partition coefficient (Wildman–Crippen LogP) is 4.51. The molecule has 0 aliphatic carbocycles. The summed E-state index contributed by atoms with van der Waals surface area (Å²) >= 11 is 4.49. The Morgan fingerprint density at radius 3 is 2.52 bits per heavy atom. The number of benzene rings is 1. The minimum atomic E-state index is -3.64. The number of anilines is 1. The average molecular weight is 440 g/mol. The molecule has 0 amide bonds. The highest BCUT2D eigenvalue weighted by molar-refractivity contribution is 9.10. The average Bonchev–Trinajstić information content (AvgIpc) is 2.89. The number of rotatable bonds is 5. The van der Waals surface area contributed by atoms with Gasteiger partial charge in [-0.15, -0.1) is 11.3 Å². The SMILES string of the molecule is Cc1cc(C)c(S(=O)(=O)Nc2cccc(Oc3ncc(Br)cn3)c2)s1. The lowest BCUT2D eigenvalue weighted by atomic mass is 10.3. The standard InChI is InChI=1S/C16H14BrN3O3S2/c1-10-6-11(2)24-15(10)25(21,22)20-13-4-3-5-14(7-13)23-16-18-8-12(17)9-19-16/h3-9,20H,1-2H3. The highest BCUT2D eigenvalue weighted by Crippen LogP contribution is 2.29. The lowest BCUT2D eigenvalue weighted by Gasteiger charge is -2.09. The molecular formula is C16H14BrN3O3S2. The highest BCUT2D eigenvalue weighted by Gasteiger charge is 2.20. The van der Waals surface area contributed by atoms with Crippen molar-refractivity contribution < 1.29 is 13.2 Å². The van der Waals surface area contributed by atoms with Gasteiger partial charge in [0.15, 0.2) is 0 Å². The van der Waals surface area contributed by atoms with Crippen molar-refractivity contribution in [1.82, 2.24) is 9.97 Å². The van der Waals surface area contributed by atoms with Crippen LogP contribution in [0.5, 0.6) is 11.8 Å². The maximum absolute atomic E-state index is 12.6. The summed E-state index contributed by atoms with van der Waals surface area (Å²) in [5, 5.41) is 0. The van der Waals surface area contributed by atoms with Gasteiger partial charge in [0.2, 0.25) is 0 Å². The summed E-state index contributed by atoms with van der Waals surface area (Å²) in [4.78, 5) is 8.99. The molecule has 0 fully saturated rings. The second-order valence-electron chi connectivity index (χ2n) is 5.25. The molecule has 0 saturated heterocycles. The number of sulfonamides is 1. The van der Waals surface area contributed by atoms with Crippen LogP contribution in [-0.2, 0) is 10.0 Å². The summed E-state index contributed by atoms with van der Waals surface area (Å²) in [6.07, 6.45) is 3.13. The first kappa shape index (κ1) is 17.8. The zero-order valence-electron chi connectivity index (χ0n) is 13.4. The molecule has 1 aromatic carbocycles. The maximum atomic E-state index is 12.6. The van der Waals surface area contributed by atoms with Crippen LogP contribution in [0.25, 0.3) is 0 Å². The van der Waals surface area contributed by atoms with Crippen LogP contribution in [0.1, 0.15) is 10.4 Å². The van der Waals surface area contributed by atoms with E-state index in [1.165, 1.54) is 11.3 Å². The number of nitrogens with zero attached hydrogens (tertiary/aromatic N) is 2. The molecular weight excluding hydrogens is 426 g/mol. The summed E-state index contributed by atoms with van der Waals surface area (Å²) in [6.45, 7) is 3.66. The molecule has 2 aromatic heterocycles. The van der Waals surface area contributed by atoms with Crippen molar-refractivity contribution in [2.24, 2.45) is 0 Å². The normalized spacial score (nSPS) is 11.3. The topological polar surface area (TPSA) is 81.2 Å². The van der Waals surface area contributed by atoms with Crippen molar-refractivity contribution in [3.63, 3.8) is 0 Å². The quantitative estimate of drug-likeness (QED) is 0.632. The van der Waals surface area contributed by atoms with Gasteiger partial charge in [0.05, 0.1) is 10.2 Å². The second-order valence-corrected chi connectivity index (χ2v) is 9.30. The summed E-state index contributed by atoms with van der Waals surface area (Å²) in [5.41, 5.74) is 1.13. The fourth-order valence-electron chi connectivity index (χ4n) is 2.17. The lowest BCUT2D eigenvalue weighted by Crippen LogP contribution is -2.12. The van der Waals surface area contributed by atoms with E-state index in [-0.39, 0.29) is 6.01 Å². The molecule has 0 spiro atoms. The van der Waals surface area contributed by atoms with E-state index in [4.69, 9.17) is 4.74 Å². The van der Waals surface area contributed by atoms with Gasteiger partial charge in [-0.25, -0.2) is 18.4 Å². The van der Waals surface area contributed by atoms with Gasteiger partial charge < -0.3 is 4.74 Å². The number of aryl methyl sites for hydroxylation is 2. The van der Waals surface area contributed by atoms with Crippen molar-refractivity contribution in [2.45, 2.75) is 18.1 Å². The number of thiophene rings is 1. The van der Waals surface area contributed by atoms with Crippen LogP contribution in [-0.4, -0.2) is 18.4 Å². The minimum Gasteiger partial charge on any atom is -0.424 e. The van der Waals surface area contributed by atoms with Crippen LogP contribution < -0.4 is 9.46 Å². The van der Waals surface area contributed by atoms with Crippen LogP contribution in [0.2, 0.25) is 0 Å². The van der Waals surface area contributed by atoms with E-state index >= 15 is 0 Å². The monoisotopic (exact) mass is 439 g/mol. The molecule has 1 N–H and O–H groups in total. The van der Waals surface area contributed by atoms with Crippen molar-refractivity contribution in [1.29, 1.82) is 0 Å². The van der Waals surface area contributed by atoms with E-state index < -0.39 is 10.0 Å². The lowest BCUT2D eigenvalue weighted by molar-refractivity contribution is 0.441. The molecule has 0 radical (unpaired) electrons. The van der Waals surface area contributed by atoms with Crippen molar-refractivity contribution in [2.75, 3.05) is 4.72 Å². The largest absolute Gasteiger partial charge is 0.424 e. The first-order valence-corrected chi connectivity index (χ1v) is 10.3. The smallest absolute Gasteiger partial charge is 0.321 e. The van der Waals surface area contributed by atoms with E-state index in [0.717, 1.165) is 14.9 Å². The molecule has 0 bridgehead atoms. The fourth-order valence-corrected chi connectivity index (χ4v) is 5.09. The van der Waals surface area contributed by atoms with Gasteiger partial charge >= 0.3 is 6.01 Å². The zero-order chi connectivity index (χ0) is 18.0. The molecule has 6 nitrogen and oxygen atoms in total. The Morgan fingerprint density at radius 1 is 1.16 bits per heavy atom. The third-order valence-electron chi connectivity index (χ3n) is 3.13. The molecule has 25 heavy (non-hydrogen) atoms. The van der Waals surface area contributed by atoms with Crippen LogP contribution in [0, 0.1) is 13.8 Å². The third-order valence-corrected chi connectivity index (χ3v) is 6.71. The van der Waals surface area contributed by atoms with Crippen LogP contribution >= 0.6 is 27.3 Å². The Morgan fingerprint density at radius 2 is 1.88 bits per heavy atom. The van der Waals surface area contributed by atoms with Gasteiger partial charge in [-0.2, -0.15) is 0 Å². The van der Waals surface area contributed by atoms with Crippen LogP contribution in [0.4, 0.5) is 5.69 Å². The van der Waals surface area contributed by atoms with Crippen molar-refractivity contribution >= 4 is 43.0 Å². The number of hydrogen-bond acceptors (Lipinski definition) is 6. The molecule has 3 rings (SSSR count). The van der Waals surface area contributed by atoms with E-state index in [1.54, 1.807) is 43.6 Å². The van der Waals surface area contributed by atoms with E-state index in [2.05, 4.69) is 30.6 Å². The van der Waals surface area contributed by atoms with Gasteiger partial charge in [-0.3, -0.25) is 4.72 Å². The molecule has 0 atom stereocenters. The van der Waals surface area contributed by atoms with Crippen molar-refractivity contribution in [3.8, 4) is 11.8 Å². The molecule has 0 unspecified atom stereocenters.